The van der Waals surface area contributed by atoms with Crippen molar-refractivity contribution in [1.29, 1.82) is 0 Å². The number of aliphatic hydroxyl groups is 1. The Hall–Kier alpha value is -1.35. The zero-order valence-electron chi connectivity index (χ0n) is 8.52. The smallest absolute Gasteiger partial charge is 0.223 e. The van der Waals surface area contributed by atoms with Crippen LogP contribution in [0.25, 0.3) is 0 Å². The fourth-order valence-corrected chi connectivity index (χ4v) is 1.48. The molecule has 1 atom stereocenters. The Morgan fingerprint density at radius 2 is 2.07 bits per heavy atom. The van der Waals surface area contributed by atoms with Gasteiger partial charge in [-0.25, -0.2) is 0 Å². The average Bonchev–Trinajstić information content (AvgIpc) is 3.03. The number of amides is 1. The highest BCUT2D eigenvalue weighted by Gasteiger charge is 2.24. The van der Waals surface area contributed by atoms with Crippen LogP contribution in [0, 0.1) is 0 Å². The van der Waals surface area contributed by atoms with Crippen LogP contribution in [0.1, 0.15) is 30.9 Å². The van der Waals surface area contributed by atoms with E-state index in [9.17, 15) is 9.90 Å². The van der Waals surface area contributed by atoms with Gasteiger partial charge in [0.1, 0.15) is 0 Å². The van der Waals surface area contributed by atoms with Crippen molar-refractivity contribution in [3.63, 3.8) is 0 Å². The first-order valence-corrected chi connectivity index (χ1v) is 5.28. The zero-order chi connectivity index (χ0) is 10.7. The van der Waals surface area contributed by atoms with E-state index in [0.717, 1.165) is 18.4 Å². The standard InChI is InChI=1S/C12H15NO2/c14-11(9-4-2-1-3-5-9)8-12(15)13-10-6-7-10/h1-5,10-11,14H,6-8H2,(H,13,15). The molecule has 0 aliphatic heterocycles. The van der Waals surface area contributed by atoms with Crippen molar-refractivity contribution < 1.29 is 9.90 Å². The van der Waals surface area contributed by atoms with Gasteiger partial charge in [0.05, 0.1) is 12.5 Å². The van der Waals surface area contributed by atoms with Crippen molar-refractivity contribution in [3.05, 3.63) is 35.9 Å². The van der Waals surface area contributed by atoms with E-state index >= 15 is 0 Å². The van der Waals surface area contributed by atoms with Crippen molar-refractivity contribution in [2.75, 3.05) is 0 Å². The van der Waals surface area contributed by atoms with Gasteiger partial charge in [0.25, 0.3) is 0 Å². The van der Waals surface area contributed by atoms with E-state index in [0.29, 0.717) is 6.04 Å². The van der Waals surface area contributed by atoms with Crippen LogP contribution in [-0.4, -0.2) is 17.1 Å². The van der Waals surface area contributed by atoms with Crippen LogP contribution in [0.5, 0.6) is 0 Å². The van der Waals surface area contributed by atoms with Crippen LogP contribution >= 0.6 is 0 Å². The Balaban J connectivity index is 1.85. The summed E-state index contributed by atoms with van der Waals surface area (Å²) in [5.74, 6) is -0.0612. The minimum Gasteiger partial charge on any atom is -0.388 e. The Bertz CT molecular complexity index is 333. The molecule has 2 rings (SSSR count). The summed E-state index contributed by atoms with van der Waals surface area (Å²) in [5.41, 5.74) is 0.795. The highest BCUT2D eigenvalue weighted by Crippen LogP contribution is 2.20. The van der Waals surface area contributed by atoms with Gasteiger partial charge in [0.15, 0.2) is 0 Å². The number of aliphatic hydroxyl groups excluding tert-OH is 1. The molecule has 15 heavy (non-hydrogen) atoms. The van der Waals surface area contributed by atoms with Gasteiger partial charge in [-0.1, -0.05) is 30.3 Å². The van der Waals surface area contributed by atoms with Crippen molar-refractivity contribution >= 4 is 5.91 Å². The molecule has 1 aliphatic rings. The summed E-state index contributed by atoms with van der Waals surface area (Å²) in [7, 11) is 0. The number of benzene rings is 1. The lowest BCUT2D eigenvalue weighted by molar-refractivity contribution is -0.123. The molecular weight excluding hydrogens is 190 g/mol. The van der Waals surface area contributed by atoms with Gasteiger partial charge in [0.2, 0.25) is 5.91 Å². The first kappa shape index (κ1) is 10.2. The van der Waals surface area contributed by atoms with Crippen molar-refractivity contribution in [1.82, 2.24) is 5.32 Å². The zero-order valence-corrected chi connectivity index (χ0v) is 8.52. The molecule has 0 bridgehead atoms. The van der Waals surface area contributed by atoms with E-state index in [4.69, 9.17) is 0 Å². The molecule has 0 spiro atoms. The van der Waals surface area contributed by atoms with Gasteiger partial charge >= 0.3 is 0 Å². The Morgan fingerprint density at radius 1 is 1.40 bits per heavy atom. The minimum atomic E-state index is -0.690. The summed E-state index contributed by atoms with van der Waals surface area (Å²) in [6.45, 7) is 0. The van der Waals surface area contributed by atoms with Gasteiger partial charge in [-0.05, 0) is 18.4 Å². The molecule has 0 aromatic heterocycles. The number of rotatable bonds is 4. The first-order valence-electron chi connectivity index (χ1n) is 5.28. The van der Waals surface area contributed by atoms with Crippen molar-refractivity contribution in [3.8, 4) is 0 Å². The molecule has 80 valence electrons. The highest BCUT2D eigenvalue weighted by atomic mass is 16.3. The molecule has 3 nitrogen and oxygen atoms in total. The molecular formula is C12H15NO2. The molecule has 1 fully saturated rings. The second kappa shape index (κ2) is 4.45. The number of carbonyl (C=O) groups is 1. The Morgan fingerprint density at radius 3 is 2.67 bits per heavy atom. The normalized spacial score (nSPS) is 17.1. The van der Waals surface area contributed by atoms with Crippen LogP contribution < -0.4 is 5.32 Å². The second-order valence-corrected chi connectivity index (χ2v) is 3.97. The van der Waals surface area contributed by atoms with Gasteiger partial charge in [-0.15, -0.1) is 0 Å². The topological polar surface area (TPSA) is 49.3 Å². The third kappa shape index (κ3) is 3.06. The molecule has 3 heteroatoms. The van der Waals surface area contributed by atoms with Crippen LogP contribution in [0.2, 0.25) is 0 Å². The van der Waals surface area contributed by atoms with Crippen LogP contribution in [0.15, 0.2) is 30.3 Å². The molecule has 1 amide bonds. The molecule has 1 unspecified atom stereocenters. The van der Waals surface area contributed by atoms with Crippen molar-refractivity contribution in [2.45, 2.75) is 31.4 Å². The summed E-state index contributed by atoms with van der Waals surface area (Å²) in [6.07, 6.45) is 1.62. The predicted molar refractivity (Wildman–Crippen MR) is 57.2 cm³/mol. The summed E-state index contributed by atoms with van der Waals surface area (Å²) in [4.78, 5) is 11.4. The number of nitrogens with one attached hydrogen (secondary N) is 1. The van der Waals surface area contributed by atoms with Crippen LogP contribution in [-0.2, 0) is 4.79 Å². The summed E-state index contributed by atoms with van der Waals surface area (Å²) >= 11 is 0. The van der Waals surface area contributed by atoms with Gasteiger partial charge in [-0.3, -0.25) is 4.79 Å². The number of hydrogen-bond acceptors (Lipinski definition) is 2. The SMILES string of the molecule is O=C(CC(O)c1ccccc1)NC1CC1. The molecule has 1 aromatic rings. The lowest BCUT2D eigenvalue weighted by Gasteiger charge is -2.10. The fourth-order valence-electron chi connectivity index (χ4n) is 1.48. The lowest BCUT2D eigenvalue weighted by atomic mass is 10.1. The molecule has 1 aromatic carbocycles. The number of carbonyl (C=O) groups excluding carboxylic acids is 1. The van der Waals surface area contributed by atoms with Gasteiger partial charge < -0.3 is 10.4 Å². The van der Waals surface area contributed by atoms with E-state index in [1.54, 1.807) is 0 Å². The Kier molecular flexibility index (Phi) is 3.02. The maximum absolute atomic E-state index is 11.4. The third-order valence-electron chi connectivity index (χ3n) is 2.51. The second-order valence-electron chi connectivity index (χ2n) is 3.97. The van der Waals surface area contributed by atoms with E-state index in [1.165, 1.54) is 0 Å². The average molecular weight is 205 g/mol. The molecule has 2 N–H and O–H groups in total. The van der Waals surface area contributed by atoms with Gasteiger partial charge in [0, 0.05) is 6.04 Å². The minimum absolute atomic E-state index is 0.0612. The molecule has 1 saturated carbocycles. The summed E-state index contributed by atoms with van der Waals surface area (Å²) in [6, 6.07) is 9.62. The maximum atomic E-state index is 11.4. The monoisotopic (exact) mass is 205 g/mol. The van der Waals surface area contributed by atoms with E-state index in [1.807, 2.05) is 30.3 Å². The van der Waals surface area contributed by atoms with E-state index in [2.05, 4.69) is 5.32 Å². The van der Waals surface area contributed by atoms with Crippen LogP contribution in [0.4, 0.5) is 0 Å². The molecule has 0 radical (unpaired) electrons. The van der Waals surface area contributed by atoms with Crippen LogP contribution in [0.3, 0.4) is 0 Å². The number of hydrogen-bond donors (Lipinski definition) is 2. The maximum Gasteiger partial charge on any atom is 0.223 e. The van der Waals surface area contributed by atoms with Crippen molar-refractivity contribution in [2.24, 2.45) is 0 Å². The van der Waals surface area contributed by atoms with Gasteiger partial charge in [-0.2, -0.15) is 0 Å². The lowest BCUT2D eigenvalue weighted by Crippen LogP contribution is -2.26. The fraction of sp³-hybridized carbons (Fsp3) is 0.417. The summed E-state index contributed by atoms with van der Waals surface area (Å²) in [5, 5.41) is 12.6. The summed E-state index contributed by atoms with van der Waals surface area (Å²) < 4.78 is 0. The molecule has 1 aliphatic carbocycles. The first-order chi connectivity index (χ1) is 7.25. The largest absolute Gasteiger partial charge is 0.388 e. The quantitative estimate of drug-likeness (QED) is 0.780. The highest BCUT2D eigenvalue weighted by molar-refractivity contribution is 5.77. The molecule has 0 heterocycles. The molecule has 0 saturated heterocycles. The predicted octanol–water partition coefficient (Wildman–Crippen LogP) is 1.39. The Labute approximate surface area is 89.1 Å². The van der Waals surface area contributed by atoms with E-state index < -0.39 is 6.10 Å². The third-order valence-corrected chi connectivity index (χ3v) is 2.51. The van der Waals surface area contributed by atoms with E-state index in [-0.39, 0.29) is 12.3 Å².